The zero-order chi connectivity index (χ0) is 17.2. The number of nitrogens with zero attached hydrogens (tertiary/aromatic N) is 1. The maximum atomic E-state index is 11.6. The van der Waals surface area contributed by atoms with Crippen LogP contribution >= 0.6 is 0 Å². The summed E-state index contributed by atoms with van der Waals surface area (Å²) in [5.41, 5.74) is 4.40. The second kappa shape index (κ2) is 6.70. The highest BCUT2D eigenvalue weighted by molar-refractivity contribution is 6.09. The number of benzene rings is 2. The minimum Gasteiger partial charge on any atom is -0.628 e. The number of hydrogen-bond acceptors (Lipinski definition) is 4. The predicted molar refractivity (Wildman–Crippen MR) is 96.9 cm³/mol. The average molecular weight is 336 g/mol. The van der Waals surface area contributed by atoms with E-state index in [0.29, 0.717) is 11.5 Å². The van der Waals surface area contributed by atoms with E-state index in [2.05, 4.69) is 29.3 Å². The molecule has 0 saturated carbocycles. The molecule has 0 radical (unpaired) electrons. The maximum absolute atomic E-state index is 11.6. The van der Waals surface area contributed by atoms with Crippen LogP contribution in [-0.2, 0) is 12.8 Å². The van der Waals surface area contributed by atoms with Crippen LogP contribution in [0.3, 0.4) is 0 Å². The van der Waals surface area contributed by atoms with Gasteiger partial charge in [-0.15, -0.1) is 0 Å². The molecular weight excluding hydrogens is 316 g/mol. The van der Waals surface area contributed by atoms with Crippen molar-refractivity contribution in [3.63, 3.8) is 0 Å². The van der Waals surface area contributed by atoms with Gasteiger partial charge in [-0.05, 0) is 28.8 Å². The monoisotopic (exact) mass is 336 g/mol. The lowest BCUT2D eigenvalue weighted by Crippen LogP contribution is -3.02. The number of allylic oxidation sites excluding steroid dienone is 1. The molecule has 2 aromatic rings. The van der Waals surface area contributed by atoms with Crippen LogP contribution in [0.25, 0.3) is 5.57 Å². The summed E-state index contributed by atoms with van der Waals surface area (Å²) in [5.74, 6) is 1.39. The summed E-state index contributed by atoms with van der Waals surface area (Å²) in [6, 6.07) is 14.2. The molecule has 128 valence electrons. The van der Waals surface area contributed by atoms with Crippen molar-refractivity contribution in [3.8, 4) is 11.5 Å². The molecule has 0 fully saturated rings. The Morgan fingerprint density at radius 3 is 2.52 bits per heavy atom. The summed E-state index contributed by atoms with van der Waals surface area (Å²) in [5, 5.41) is 11.6. The van der Waals surface area contributed by atoms with Gasteiger partial charge >= 0.3 is 0 Å². The number of fused-ring (bicyclic) bond motifs is 1. The van der Waals surface area contributed by atoms with Gasteiger partial charge < -0.3 is 19.7 Å². The van der Waals surface area contributed by atoms with Gasteiger partial charge in [0.1, 0.15) is 12.3 Å². The third kappa shape index (κ3) is 3.29. The van der Waals surface area contributed by atoms with Crippen LogP contribution < -0.4 is 14.5 Å². The van der Waals surface area contributed by atoms with Gasteiger partial charge in [0.05, 0.1) is 12.7 Å². The Bertz CT molecular complexity index is 820. The number of aliphatic imine (C=N–C) groups is 1. The fourth-order valence-corrected chi connectivity index (χ4v) is 3.38. The highest BCUT2D eigenvalue weighted by Crippen LogP contribution is 2.34. The predicted octanol–water partition coefficient (Wildman–Crippen LogP) is 2.01. The lowest BCUT2D eigenvalue weighted by molar-refractivity contribution is -0.790. The SMILES string of the molecule is COc1ccc(C2=C[NH+]([O-])CN=C2)cc1OC1Cc2ccccc2C1. The van der Waals surface area contributed by atoms with Crippen LogP contribution in [0.2, 0.25) is 0 Å². The zero-order valence-electron chi connectivity index (χ0n) is 14.1. The molecule has 1 aliphatic carbocycles. The molecule has 2 aromatic carbocycles. The van der Waals surface area contributed by atoms with E-state index in [1.807, 2.05) is 18.2 Å². The highest BCUT2D eigenvalue weighted by Gasteiger charge is 2.24. The summed E-state index contributed by atoms with van der Waals surface area (Å²) < 4.78 is 11.7. The van der Waals surface area contributed by atoms with Gasteiger partial charge in [-0.1, -0.05) is 30.3 Å². The smallest absolute Gasteiger partial charge is 0.174 e. The van der Waals surface area contributed by atoms with E-state index in [1.54, 1.807) is 19.5 Å². The van der Waals surface area contributed by atoms with Gasteiger partial charge in [0.25, 0.3) is 0 Å². The standard InChI is InChI=1S/C20H20N2O3/c1-24-19-7-6-16(17-11-21-13-22(23)12-17)10-20(19)25-18-8-14-4-2-3-5-15(14)9-18/h2-7,10-12,18,22H,8-9,13H2,1H3. The molecule has 0 saturated heterocycles. The topological polar surface area (TPSA) is 58.3 Å². The third-order valence-electron chi connectivity index (χ3n) is 4.60. The lowest BCUT2D eigenvalue weighted by atomic mass is 10.1. The number of quaternary nitrogens is 1. The fourth-order valence-electron chi connectivity index (χ4n) is 3.38. The molecule has 4 rings (SSSR count). The van der Waals surface area contributed by atoms with Gasteiger partial charge in [-0.25, -0.2) is 4.99 Å². The summed E-state index contributed by atoms with van der Waals surface area (Å²) >= 11 is 0. The van der Waals surface area contributed by atoms with Crippen LogP contribution in [0.5, 0.6) is 11.5 Å². The maximum Gasteiger partial charge on any atom is 0.174 e. The van der Waals surface area contributed by atoms with Crippen LogP contribution in [0.1, 0.15) is 16.7 Å². The van der Waals surface area contributed by atoms with Crippen LogP contribution in [-0.4, -0.2) is 26.1 Å². The number of nitrogens with one attached hydrogen (secondary N) is 1. The van der Waals surface area contributed by atoms with Gasteiger partial charge in [0.2, 0.25) is 0 Å². The second-order valence-electron chi connectivity index (χ2n) is 6.32. The van der Waals surface area contributed by atoms with E-state index in [4.69, 9.17) is 9.47 Å². The van der Waals surface area contributed by atoms with Crippen molar-refractivity contribution in [1.82, 2.24) is 0 Å². The molecule has 2 aliphatic rings. The third-order valence-corrected chi connectivity index (χ3v) is 4.60. The number of hydroxylamine groups is 2. The van der Waals surface area contributed by atoms with E-state index in [-0.39, 0.29) is 17.8 Å². The molecule has 1 unspecified atom stereocenters. The number of methoxy groups -OCH3 is 1. The first-order valence-corrected chi connectivity index (χ1v) is 8.39. The van der Waals surface area contributed by atoms with Crippen LogP contribution in [0, 0.1) is 5.21 Å². The van der Waals surface area contributed by atoms with Gasteiger partial charge in [0, 0.05) is 19.1 Å². The van der Waals surface area contributed by atoms with Crippen molar-refractivity contribution >= 4 is 11.8 Å². The van der Waals surface area contributed by atoms with Crippen molar-refractivity contribution in [2.24, 2.45) is 4.99 Å². The van der Waals surface area contributed by atoms with E-state index < -0.39 is 0 Å². The van der Waals surface area contributed by atoms with Crippen molar-refractivity contribution in [1.29, 1.82) is 0 Å². The van der Waals surface area contributed by atoms with E-state index in [1.165, 1.54) is 11.1 Å². The summed E-state index contributed by atoms with van der Waals surface area (Å²) in [7, 11) is 1.64. The molecule has 25 heavy (non-hydrogen) atoms. The molecule has 0 spiro atoms. The molecule has 5 nitrogen and oxygen atoms in total. The Labute approximate surface area is 146 Å². The zero-order valence-corrected chi connectivity index (χ0v) is 14.1. The van der Waals surface area contributed by atoms with E-state index in [9.17, 15) is 5.21 Å². The van der Waals surface area contributed by atoms with Gasteiger partial charge in [-0.3, -0.25) is 0 Å². The van der Waals surface area contributed by atoms with E-state index in [0.717, 1.165) is 24.0 Å². The van der Waals surface area contributed by atoms with Crippen molar-refractivity contribution in [2.45, 2.75) is 18.9 Å². The van der Waals surface area contributed by atoms with Crippen molar-refractivity contribution in [2.75, 3.05) is 13.8 Å². The van der Waals surface area contributed by atoms with Crippen molar-refractivity contribution < 1.29 is 14.5 Å². The number of rotatable bonds is 4. The summed E-state index contributed by atoms with van der Waals surface area (Å²) in [4.78, 5) is 4.10. The second-order valence-corrected chi connectivity index (χ2v) is 6.32. The van der Waals surface area contributed by atoms with Crippen LogP contribution in [0.15, 0.2) is 53.7 Å². The normalized spacial score (nSPS) is 19.4. The Balaban J connectivity index is 1.59. The molecule has 5 heteroatoms. The summed E-state index contributed by atoms with van der Waals surface area (Å²) in [6.45, 7) is 0.226. The molecule has 0 aromatic heterocycles. The molecule has 1 atom stereocenters. The molecular formula is C20H20N2O3. The highest BCUT2D eigenvalue weighted by atomic mass is 16.5. The minimum absolute atomic E-state index is 0.0158. The molecule has 1 N–H and O–H groups in total. The first-order valence-electron chi connectivity index (χ1n) is 8.39. The Hall–Kier alpha value is -2.63. The minimum atomic E-state index is 0.0158. The first-order chi connectivity index (χ1) is 12.2. The van der Waals surface area contributed by atoms with E-state index >= 15 is 0 Å². The summed E-state index contributed by atoms with van der Waals surface area (Å²) in [6.07, 6.45) is 5.25. The average Bonchev–Trinajstić information content (AvgIpc) is 3.04. The van der Waals surface area contributed by atoms with Crippen LogP contribution in [0.4, 0.5) is 0 Å². The fraction of sp³-hybridized carbons (Fsp3) is 0.250. The molecule has 1 heterocycles. The Kier molecular flexibility index (Phi) is 4.26. The van der Waals surface area contributed by atoms with Gasteiger partial charge in [-0.2, -0.15) is 0 Å². The molecule has 1 aliphatic heterocycles. The van der Waals surface area contributed by atoms with Crippen molar-refractivity contribution in [3.05, 3.63) is 70.6 Å². The number of hydrogen-bond donors (Lipinski definition) is 1. The largest absolute Gasteiger partial charge is 0.628 e. The first kappa shape index (κ1) is 15.9. The lowest BCUT2D eigenvalue weighted by Gasteiger charge is -2.20. The molecule has 0 bridgehead atoms. The van der Waals surface area contributed by atoms with Gasteiger partial charge in [0.15, 0.2) is 18.2 Å². The Morgan fingerprint density at radius 2 is 1.84 bits per heavy atom. The number of ether oxygens (including phenoxy) is 2. The Morgan fingerprint density at radius 1 is 1.08 bits per heavy atom. The quantitative estimate of drug-likeness (QED) is 0.869. The molecule has 0 amide bonds.